The molecule has 7 nitrogen and oxygen atoms in total. The van der Waals surface area contributed by atoms with E-state index in [0.29, 0.717) is 36.2 Å². The normalized spacial score (nSPS) is 14.7. The highest BCUT2D eigenvalue weighted by Gasteiger charge is 2.14. The van der Waals surface area contributed by atoms with Gasteiger partial charge in [0.05, 0.1) is 14.2 Å². The summed E-state index contributed by atoms with van der Waals surface area (Å²) in [5.74, 6) is 1.89. The number of carbonyl (C=O) groups is 1. The van der Waals surface area contributed by atoms with Crippen molar-refractivity contribution in [2.24, 2.45) is 0 Å². The van der Waals surface area contributed by atoms with Gasteiger partial charge in [-0.2, -0.15) is 0 Å². The molecule has 7 heteroatoms. The van der Waals surface area contributed by atoms with Gasteiger partial charge in [-0.1, -0.05) is 31.7 Å². The first-order valence-electron chi connectivity index (χ1n) is 10.3. The Morgan fingerprint density at radius 2 is 1.79 bits per heavy atom. The largest absolute Gasteiger partial charge is 0.493 e. The highest BCUT2D eigenvalue weighted by atomic mass is 16.5. The molecule has 2 N–H and O–H groups in total. The maximum absolute atomic E-state index is 12.5. The molecule has 0 bridgehead atoms. The maximum Gasteiger partial charge on any atom is 0.270 e. The molecule has 1 fully saturated rings. The fraction of sp³-hybridized carbons (Fsp3) is 0.500. The van der Waals surface area contributed by atoms with E-state index in [4.69, 9.17) is 9.47 Å². The Bertz CT molecular complexity index is 804. The van der Waals surface area contributed by atoms with E-state index in [-0.39, 0.29) is 5.91 Å². The molecule has 0 aliphatic heterocycles. The van der Waals surface area contributed by atoms with Gasteiger partial charge in [0.2, 0.25) is 0 Å². The van der Waals surface area contributed by atoms with Gasteiger partial charge in [0.15, 0.2) is 11.5 Å². The molecule has 0 radical (unpaired) electrons. The summed E-state index contributed by atoms with van der Waals surface area (Å²) in [6.07, 6.45) is 9.52. The summed E-state index contributed by atoms with van der Waals surface area (Å²) >= 11 is 0. The number of methoxy groups -OCH3 is 2. The molecule has 1 amide bonds. The monoisotopic (exact) mass is 398 g/mol. The van der Waals surface area contributed by atoms with Crippen molar-refractivity contribution in [1.29, 1.82) is 0 Å². The van der Waals surface area contributed by atoms with Gasteiger partial charge < -0.3 is 20.1 Å². The molecule has 1 aliphatic carbocycles. The summed E-state index contributed by atoms with van der Waals surface area (Å²) in [6, 6.07) is 7.91. The third kappa shape index (κ3) is 6.07. The molecule has 29 heavy (non-hydrogen) atoms. The number of nitrogens with zero attached hydrogens (tertiary/aromatic N) is 2. The molecule has 156 valence electrons. The number of benzene rings is 1. The van der Waals surface area contributed by atoms with Crippen LogP contribution in [-0.4, -0.2) is 42.7 Å². The molecule has 0 saturated heterocycles. The van der Waals surface area contributed by atoms with Crippen molar-refractivity contribution in [1.82, 2.24) is 15.3 Å². The quantitative estimate of drug-likeness (QED) is 0.661. The fourth-order valence-electron chi connectivity index (χ4n) is 3.64. The SMILES string of the molecule is COc1ccc(CCNC(=O)c2cc(NC3CCCCCC3)ncn2)cc1OC. The molecule has 3 rings (SSSR count). The number of nitrogens with one attached hydrogen (secondary N) is 2. The van der Waals surface area contributed by atoms with Gasteiger partial charge in [-0.05, 0) is 37.0 Å². The minimum Gasteiger partial charge on any atom is -0.493 e. The number of ether oxygens (including phenoxy) is 2. The van der Waals surface area contributed by atoms with E-state index in [1.165, 1.54) is 32.0 Å². The average Bonchev–Trinajstić information content (AvgIpc) is 3.02. The number of hydrogen-bond donors (Lipinski definition) is 2. The number of carbonyl (C=O) groups excluding carboxylic acids is 1. The molecular weight excluding hydrogens is 368 g/mol. The van der Waals surface area contributed by atoms with Crippen LogP contribution in [0.2, 0.25) is 0 Å². The summed E-state index contributed by atoms with van der Waals surface area (Å²) in [6.45, 7) is 0.504. The van der Waals surface area contributed by atoms with Gasteiger partial charge in [-0.3, -0.25) is 4.79 Å². The van der Waals surface area contributed by atoms with Gasteiger partial charge in [0.1, 0.15) is 17.8 Å². The molecule has 2 aromatic rings. The highest BCUT2D eigenvalue weighted by molar-refractivity contribution is 5.92. The van der Waals surface area contributed by atoms with Crippen molar-refractivity contribution in [3.8, 4) is 11.5 Å². The van der Waals surface area contributed by atoms with Crippen molar-refractivity contribution < 1.29 is 14.3 Å². The van der Waals surface area contributed by atoms with Crippen molar-refractivity contribution in [3.05, 3.63) is 41.9 Å². The zero-order valence-corrected chi connectivity index (χ0v) is 17.2. The lowest BCUT2D eigenvalue weighted by Gasteiger charge is -2.17. The Hall–Kier alpha value is -2.83. The average molecular weight is 399 g/mol. The van der Waals surface area contributed by atoms with E-state index in [1.54, 1.807) is 20.3 Å². The Kier molecular flexibility index (Phi) is 7.67. The predicted octanol–water partition coefficient (Wildman–Crippen LogP) is 3.60. The summed E-state index contributed by atoms with van der Waals surface area (Å²) < 4.78 is 10.6. The first-order chi connectivity index (χ1) is 14.2. The lowest BCUT2D eigenvalue weighted by Crippen LogP contribution is -2.27. The number of aromatic nitrogens is 2. The van der Waals surface area contributed by atoms with Crippen LogP contribution in [0.15, 0.2) is 30.6 Å². The molecule has 0 atom stereocenters. The van der Waals surface area contributed by atoms with Crippen LogP contribution in [0.25, 0.3) is 0 Å². The zero-order chi connectivity index (χ0) is 20.5. The number of rotatable bonds is 8. The van der Waals surface area contributed by atoms with Crippen LogP contribution in [0.5, 0.6) is 11.5 Å². The highest BCUT2D eigenvalue weighted by Crippen LogP contribution is 2.27. The molecule has 1 aliphatic rings. The van der Waals surface area contributed by atoms with Crippen LogP contribution in [0.1, 0.15) is 54.6 Å². The third-order valence-electron chi connectivity index (χ3n) is 5.25. The maximum atomic E-state index is 12.5. The smallest absolute Gasteiger partial charge is 0.270 e. The standard InChI is InChI=1S/C22H30N4O3/c1-28-19-10-9-16(13-20(19)29-2)11-12-23-22(27)18-14-21(25-15-24-18)26-17-7-5-3-4-6-8-17/h9-10,13-15,17H,3-8,11-12H2,1-2H3,(H,23,27)(H,24,25,26). The number of anilines is 1. The summed E-state index contributed by atoms with van der Waals surface area (Å²) in [7, 11) is 3.22. The van der Waals surface area contributed by atoms with E-state index in [9.17, 15) is 4.79 Å². The van der Waals surface area contributed by atoms with Crippen molar-refractivity contribution in [2.75, 3.05) is 26.1 Å². The second-order valence-electron chi connectivity index (χ2n) is 7.32. The number of hydrogen-bond acceptors (Lipinski definition) is 6. The minimum atomic E-state index is -0.197. The van der Waals surface area contributed by atoms with Gasteiger partial charge >= 0.3 is 0 Å². The van der Waals surface area contributed by atoms with Crippen LogP contribution in [0.4, 0.5) is 5.82 Å². The molecule has 1 heterocycles. The lowest BCUT2D eigenvalue weighted by atomic mass is 10.1. The van der Waals surface area contributed by atoms with Crippen LogP contribution in [0.3, 0.4) is 0 Å². The summed E-state index contributed by atoms with van der Waals surface area (Å²) in [4.78, 5) is 20.9. The van der Waals surface area contributed by atoms with E-state index in [1.807, 2.05) is 18.2 Å². The first kappa shape index (κ1) is 20.9. The molecular formula is C22H30N4O3. The molecule has 0 spiro atoms. The summed E-state index contributed by atoms with van der Waals surface area (Å²) in [5, 5.41) is 6.39. The Labute approximate surface area is 172 Å². The van der Waals surface area contributed by atoms with Crippen LogP contribution in [-0.2, 0) is 6.42 Å². The Balaban J connectivity index is 1.53. The first-order valence-corrected chi connectivity index (χ1v) is 10.3. The fourth-order valence-corrected chi connectivity index (χ4v) is 3.64. The van der Waals surface area contributed by atoms with E-state index in [0.717, 1.165) is 24.2 Å². The van der Waals surface area contributed by atoms with Crippen LogP contribution >= 0.6 is 0 Å². The Morgan fingerprint density at radius 1 is 1.03 bits per heavy atom. The molecule has 1 saturated carbocycles. The molecule has 1 aromatic heterocycles. The lowest BCUT2D eigenvalue weighted by molar-refractivity contribution is 0.0949. The van der Waals surface area contributed by atoms with Crippen molar-refractivity contribution >= 4 is 11.7 Å². The van der Waals surface area contributed by atoms with E-state index < -0.39 is 0 Å². The second kappa shape index (κ2) is 10.6. The topological polar surface area (TPSA) is 85.4 Å². The summed E-state index contributed by atoms with van der Waals surface area (Å²) in [5.41, 5.74) is 1.43. The Morgan fingerprint density at radius 3 is 2.52 bits per heavy atom. The number of amides is 1. The van der Waals surface area contributed by atoms with Crippen LogP contribution in [0, 0.1) is 0 Å². The third-order valence-corrected chi connectivity index (χ3v) is 5.25. The van der Waals surface area contributed by atoms with Gasteiger partial charge in [-0.25, -0.2) is 9.97 Å². The van der Waals surface area contributed by atoms with E-state index >= 15 is 0 Å². The zero-order valence-electron chi connectivity index (χ0n) is 17.2. The minimum absolute atomic E-state index is 0.197. The van der Waals surface area contributed by atoms with Crippen molar-refractivity contribution in [3.63, 3.8) is 0 Å². The van der Waals surface area contributed by atoms with Gasteiger partial charge in [0.25, 0.3) is 5.91 Å². The second-order valence-corrected chi connectivity index (χ2v) is 7.32. The van der Waals surface area contributed by atoms with Crippen LogP contribution < -0.4 is 20.1 Å². The predicted molar refractivity (Wildman–Crippen MR) is 113 cm³/mol. The van der Waals surface area contributed by atoms with Gasteiger partial charge in [0, 0.05) is 18.7 Å². The van der Waals surface area contributed by atoms with Crippen molar-refractivity contribution in [2.45, 2.75) is 51.0 Å². The van der Waals surface area contributed by atoms with E-state index in [2.05, 4.69) is 20.6 Å². The molecule has 1 aromatic carbocycles. The molecule has 0 unspecified atom stereocenters. The van der Waals surface area contributed by atoms with Gasteiger partial charge in [-0.15, -0.1) is 0 Å².